The quantitative estimate of drug-likeness (QED) is 0.439. The minimum atomic E-state index is -0.156. The van der Waals surface area contributed by atoms with E-state index in [1.54, 1.807) is 0 Å². The monoisotopic (exact) mass is 368 g/mol. The molecule has 5 nitrogen and oxygen atoms in total. The van der Waals surface area contributed by atoms with Gasteiger partial charge in [-0.05, 0) is 43.2 Å². The molecule has 0 saturated carbocycles. The Kier molecular flexibility index (Phi) is 8.23. The zero-order valence-corrected chi connectivity index (χ0v) is 16.1. The second kappa shape index (κ2) is 10.9. The van der Waals surface area contributed by atoms with Crippen molar-refractivity contribution in [2.75, 3.05) is 30.4 Å². The Morgan fingerprint density at radius 2 is 1.63 bits per heavy atom. The van der Waals surface area contributed by atoms with E-state index in [0.717, 1.165) is 24.1 Å². The molecule has 5 heteroatoms. The molecule has 2 N–H and O–H groups in total. The molecule has 0 heterocycles. The number of benzene rings is 2. The van der Waals surface area contributed by atoms with Crippen LogP contribution in [0.4, 0.5) is 11.4 Å². The molecule has 0 radical (unpaired) electrons. The molecule has 0 saturated heterocycles. The minimum absolute atomic E-state index is 0.122. The first-order chi connectivity index (χ1) is 13.1. The highest BCUT2D eigenvalue weighted by molar-refractivity contribution is 5.95. The van der Waals surface area contributed by atoms with Crippen molar-refractivity contribution in [1.29, 1.82) is 0 Å². The van der Waals surface area contributed by atoms with E-state index in [0.29, 0.717) is 30.4 Å². The Bertz CT molecular complexity index is 759. The second-order valence-electron chi connectivity index (χ2n) is 6.34. The molecule has 0 aliphatic carbocycles. The summed E-state index contributed by atoms with van der Waals surface area (Å²) in [5.41, 5.74) is 2.37. The SMILES string of the molecule is C=C(C)COc1ccccc1NCC(=O)Nc1ccccc1OCCCC. The van der Waals surface area contributed by atoms with Gasteiger partial charge in [0.25, 0.3) is 0 Å². The van der Waals surface area contributed by atoms with Crippen LogP contribution < -0.4 is 20.1 Å². The largest absolute Gasteiger partial charge is 0.491 e. The van der Waals surface area contributed by atoms with E-state index in [2.05, 4.69) is 24.1 Å². The molecule has 2 aromatic rings. The summed E-state index contributed by atoms with van der Waals surface area (Å²) in [6, 6.07) is 15.0. The number of hydrogen-bond acceptors (Lipinski definition) is 4. The van der Waals surface area contributed by atoms with Crippen molar-refractivity contribution >= 4 is 17.3 Å². The van der Waals surface area contributed by atoms with Crippen LogP contribution in [-0.2, 0) is 4.79 Å². The van der Waals surface area contributed by atoms with Crippen LogP contribution in [0.1, 0.15) is 26.7 Å². The van der Waals surface area contributed by atoms with Gasteiger partial charge in [-0.2, -0.15) is 0 Å². The summed E-state index contributed by atoms with van der Waals surface area (Å²) in [5, 5.41) is 6.02. The molecule has 2 aromatic carbocycles. The topological polar surface area (TPSA) is 59.6 Å². The Labute approximate surface area is 161 Å². The highest BCUT2D eigenvalue weighted by atomic mass is 16.5. The Morgan fingerprint density at radius 1 is 1.00 bits per heavy atom. The van der Waals surface area contributed by atoms with Crippen LogP contribution in [-0.4, -0.2) is 25.7 Å². The molecule has 1 amide bonds. The molecule has 0 fully saturated rings. The predicted molar refractivity (Wildman–Crippen MR) is 111 cm³/mol. The third-order valence-corrected chi connectivity index (χ3v) is 3.72. The summed E-state index contributed by atoms with van der Waals surface area (Å²) in [6.07, 6.45) is 2.04. The first-order valence-corrected chi connectivity index (χ1v) is 9.22. The molecule has 0 aromatic heterocycles. The lowest BCUT2D eigenvalue weighted by Crippen LogP contribution is -2.22. The highest BCUT2D eigenvalue weighted by Crippen LogP contribution is 2.25. The van der Waals surface area contributed by atoms with Crippen LogP contribution in [0.15, 0.2) is 60.7 Å². The molecule has 0 aliphatic rings. The lowest BCUT2D eigenvalue weighted by Gasteiger charge is -2.14. The molecular weight excluding hydrogens is 340 g/mol. The van der Waals surface area contributed by atoms with Gasteiger partial charge in [-0.3, -0.25) is 4.79 Å². The van der Waals surface area contributed by atoms with Crippen molar-refractivity contribution in [2.45, 2.75) is 26.7 Å². The van der Waals surface area contributed by atoms with Gasteiger partial charge in [0.15, 0.2) is 0 Å². The number of anilines is 2. The van der Waals surface area contributed by atoms with Crippen LogP contribution in [0, 0.1) is 0 Å². The smallest absolute Gasteiger partial charge is 0.243 e. The average molecular weight is 368 g/mol. The summed E-state index contributed by atoms with van der Waals surface area (Å²) in [7, 11) is 0. The summed E-state index contributed by atoms with van der Waals surface area (Å²) in [4.78, 5) is 12.4. The standard InChI is InChI=1S/C22H28N2O3/c1-4-5-14-26-21-13-9-7-11-19(21)24-22(25)15-23-18-10-6-8-12-20(18)27-16-17(2)3/h6-13,23H,2,4-5,14-16H2,1,3H3,(H,24,25). The number of ether oxygens (including phenoxy) is 2. The fraction of sp³-hybridized carbons (Fsp3) is 0.318. The van der Waals surface area contributed by atoms with E-state index in [1.165, 1.54) is 0 Å². The zero-order valence-electron chi connectivity index (χ0n) is 16.1. The van der Waals surface area contributed by atoms with E-state index in [4.69, 9.17) is 9.47 Å². The highest BCUT2D eigenvalue weighted by Gasteiger charge is 2.09. The number of rotatable bonds is 11. The van der Waals surface area contributed by atoms with Gasteiger partial charge < -0.3 is 20.1 Å². The number of nitrogens with one attached hydrogen (secondary N) is 2. The second-order valence-corrected chi connectivity index (χ2v) is 6.34. The maximum atomic E-state index is 12.4. The number of unbranched alkanes of at least 4 members (excludes halogenated alkanes) is 1. The van der Waals surface area contributed by atoms with Crippen molar-refractivity contribution in [3.63, 3.8) is 0 Å². The Balaban J connectivity index is 1.93. The maximum Gasteiger partial charge on any atom is 0.243 e. The van der Waals surface area contributed by atoms with Gasteiger partial charge in [-0.1, -0.05) is 44.2 Å². The summed E-state index contributed by atoms with van der Waals surface area (Å²) in [5.74, 6) is 1.22. The van der Waals surface area contributed by atoms with Gasteiger partial charge in [-0.25, -0.2) is 0 Å². The number of hydrogen-bond donors (Lipinski definition) is 2. The van der Waals surface area contributed by atoms with Crippen LogP contribution in [0.5, 0.6) is 11.5 Å². The normalized spacial score (nSPS) is 10.1. The number of carbonyl (C=O) groups is 1. The van der Waals surface area contributed by atoms with Gasteiger partial charge in [0.05, 0.1) is 24.5 Å². The number of amides is 1. The first kappa shape index (κ1) is 20.4. The molecule has 0 spiro atoms. The third-order valence-electron chi connectivity index (χ3n) is 3.72. The van der Waals surface area contributed by atoms with Gasteiger partial charge in [0, 0.05) is 0 Å². The Morgan fingerprint density at radius 3 is 2.30 bits per heavy atom. The van der Waals surface area contributed by atoms with E-state index in [9.17, 15) is 4.79 Å². The number of para-hydroxylation sites is 4. The lowest BCUT2D eigenvalue weighted by molar-refractivity contribution is -0.114. The van der Waals surface area contributed by atoms with Crippen LogP contribution in [0.25, 0.3) is 0 Å². The van der Waals surface area contributed by atoms with E-state index in [1.807, 2.05) is 55.5 Å². The molecule has 0 atom stereocenters. The summed E-state index contributed by atoms with van der Waals surface area (Å²) in [6.45, 7) is 9.05. The van der Waals surface area contributed by atoms with Crippen LogP contribution >= 0.6 is 0 Å². The van der Waals surface area contributed by atoms with E-state index in [-0.39, 0.29) is 12.5 Å². The lowest BCUT2D eigenvalue weighted by atomic mass is 10.2. The molecule has 27 heavy (non-hydrogen) atoms. The third kappa shape index (κ3) is 7.05. The van der Waals surface area contributed by atoms with E-state index >= 15 is 0 Å². The fourth-order valence-electron chi connectivity index (χ4n) is 2.33. The van der Waals surface area contributed by atoms with Crippen molar-refractivity contribution in [3.05, 3.63) is 60.7 Å². The fourth-order valence-corrected chi connectivity index (χ4v) is 2.33. The summed E-state index contributed by atoms with van der Waals surface area (Å²) >= 11 is 0. The molecule has 2 rings (SSSR count). The van der Waals surface area contributed by atoms with Crippen molar-refractivity contribution in [1.82, 2.24) is 0 Å². The van der Waals surface area contributed by atoms with Gasteiger partial charge in [0.2, 0.25) is 5.91 Å². The van der Waals surface area contributed by atoms with Crippen molar-refractivity contribution < 1.29 is 14.3 Å². The first-order valence-electron chi connectivity index (χ1n) is 9.22. The minimum Gasteiger partial charge on any atom is -0.491 e. The van der Waals surface area contributed by atoms with E-state index < -0.39 is 0 Å². The molecular formula is C22H28N2O3. The maximum absolute atomic E-state index is 12.4. The molecule has 0 unspecified atom stereocenters. The Hall–Kier alpha value is -2.95. The zero-order chi connectivity index (χ0) is 19.5. The van der Waals surface area contributed by atoms with Crippen LogP contribution in [0.3, 0.4) is 0 Å². The van der Waals surface area contributed by atoms with Gasteiger partial charge >= 0.3 is 0 Å². The summed E-state index contributed by atoms with van der Waals surface area (Å²) < 4.78 is 11.5. The van der Waals surface area contributed by atoms with Gasteiger partial charge in [0.1, 0.15) is 18.1 Å². The molecule has 0 bridgehead atoms. The molecule has 144 valence electrons. The molecule has 0 aliphatic heterocycles. The van der Waals surface area contributed by atoms with Crippen molar-refractivity contribution in [3.8, 4) is 11.5 Å². The average Bonchev–Trinajstić information content (AvgIpc) is 2.67. The van der Waals surface area contributed by atoms with Crippen molar-refractivity contribution in [2.24, 2.45) is 0 Å². The predicted octanol–water partition coefficient (Wildman–Crippen LogP) is 4.87. The van der Waals surface area contributed by atoms with Gasteiger partial charge in [-0.15, -0.1) is 0 Å². The van der Waals surface area contributed by atoms with Crippen LogP contribution in [0.2, 0.25) is 0 Å². The number of carbonyl (C=O) groups excluding carboxylic acids is 1.